The van der Waals surface area contributed by atoms with E-state index in [0.717, 1.165) is 19.3 Å². The van der Waals surface area contributed by atoms with Gasteiger partial charge in [-0.25, -0.2) is 0 Å². The SMILES string of the molecule is C=C(C)CCC/C(C)=C/CC/C(C)=C\CO. The molecule has 0 radical (unpaired) electrons. The fraction of sp³-hybridized carbons (Fsp3) is 0.600. The first-order valence-corrected chi connectivity index (χ1v) is 6.12. The lowest BCUT2D eigenvalue weighted by molar-refractivity contribution is 0.341. The molecule has 0 spiro atoms. The van der Waals surface area contributed by atoms with E-state index in [1.54, 1.807) is 0 Å². The molecule has 0 heterocycles. The van der Waals surface area contributed by atoms with Crippen molar-refractivity contribution in [1.82, 2.24) is 0 Å². The van der Waals surface area contributed by atoms with Crippen LogP contribution in [0.1, 0.15) is 52.9 Å². The second kappa shape index (κ2) is 9.41. The molecule has 0 amide bonds. The molecule has 0 rings (SSSR count). The summed E-state index contributed by atoms with van der Waals surface area (Å²) in [7, 11) is 0. The van der Waals surface area contributed by atoms with Gasteiger partial charge in [0.2, 0.25) is 0 Å². The quantitative estimate of drug-likeness (QED) is 0.604. The molecule has 1 heteroatoms. The molecule has 1 nitrogen and oxygen atoms in total. The molecule has 0 atom stereocenters. The molecule has 0 aromatic heterocycles. The zero-order valence-electron chi connectivity index (χ0n) is 11.1. The van der Waals surface area contributed by atoms with E-state index >= 15 is 0 Å². The van der Waals surface area contributed by atoms with E-state index in [9.17, 15) is 0 Å². The Morgan fingerprint density at radius 3 is 2.19 bits per heavy atom. The van der Waals surface area contributed by atoms with Crippen molar-refractivity contribution < 1.29 is 5.11 Å². The first-order chi connectivity index (χ1) is 7.56. The van der Waals surface area contributed by atoms with Crippen molar-refractivity contribution in [3.63, 3.8) is 0 Å². The summed E-state index contributed by atoms with van der Waals surface area (Å²) >= 11 is 0. The Bertz CT molecular complexity index is 259. The highest BCUT2D eigenvalue weighted by atomic mass is 16.2. The summed E-state index contributed by atoms with van der Waals surface area (Å²) in [5.41, 5.74) is 4.01. The monoisotopic (exact) mass is 222 g/mol. The van der Waals surface area contributed by atoms with Gasteiger partial charge in [-0.1, -0.05) is 28.9 Å². The Morgan fingerprint density at radius 2 is 1.62 bits per heavy atom. The molecular formula is C15H26O. The molecule has 0 aromatic carbocycles. The molecular weight excluding hydrogens is 196 g/mol. The minimum absolute atomic E-state index is 0.160. The van der Waals surface area contributed by atoms with Crippen molar-refractivity contribution in [2.24, 2.45) is 0 Å². The summed E-state index contributed by atoms with van der Waals surface area (Å²) in [6.45, 7) is 10.4. The van der Waals surface area contributed by atoms with Crippen LogP contribution in [-0.4, -0.2) is 11.7 Å². The first-order valence-electron chi connectivity index (χ1n) is 6.12. The van der Waals surface area contributed by atoms with E-state index in [1.807, 2.05) is 6.08 Å². The van der Waals surface area contributed by atoms with E-state index in [-0.39, 0.29) is 6.61 Å². The molecule has 0 saturated carbocycles. The third-order valence-electron chi connectivity index (χ3n) is 2.65. The van der Waals surface area contributed by atoms with Crippen molar-refractivity contribution in [1.29, 1.82) is 0 Å². The van der Waals surface area contributed by atoms with E-state index in [1.165, 1.54) is 29.6 Å². The Labute approximate surface area is 101 Å². The fourth-order valence-electron chi connectivity index (χ4n) is 1.58. The molecule has 16 heavy (non-hydrogen) atoms. The average molecular weight is 222 g/mol. The van der Waals surface area contributed by atoms with Crippen LogP contribution in [0, 0.1) is 0 Å². The van der Waals surface area contributed by atoms with Crippen LogP contribution in [-0.2, 0) is 0 Å². The molecule has 1 N–H and O–H groups in total. The van der Waals surface area contributed by atoms with Crippen LogP contribution in [0.4, 0.5) is 0 Å². The number of allylic oxidation sites excluding steroid dienone is 4. The van der Waals surface area contributed by atoms with Crippen molar-refractivity contribution in [3.05, 3.63) is 35.5 Å². The predicted octanol–water partition coefficient (Wildman–Crippen LogP) is 4.40. The summed E-state index contributed by atoms with van der Waals surface area (Å²) in [5.74, 6) is 0. The standard InChI is InChI=1S/C15H26O/c1-13(2)7-5-8-14(3)9-6-10-15(4)11-12-16/h9,11,16H,1,5-8,10,12H2,2-4H3/b14-9+,15-11-. The fourth-order valence-corrected chi connectivity index (χ4v) is 1.58. The predicted molar refractivity (Wildman–Crippen MR) is 72.5 cm³/mol. The lowest BCUT2D eigenvalue weighted by Gasteiger charge is -2.02. The largest absolute Gasteiger partial charge is 0.392 e. The van der Waals surface area contributed by atoms with E-state index < -0.39 is 0 Å². The van der Waals surface area contributed by atoms with Gasteiger partial charge in [0.25, 0.3) is 0 Å². The molecule has 0 bridgehead atoms. The molecule has 0 saturated heterocycles. The first kappa shape index (κ1) is 15.2. The van der Waals surface area contributed by atoms with Crippen molar-refractivity contribution >= 4 is 0 Å². The van der Waals surface area contributed by atoms with Gasteiger partial charge in [0.05, 0.1) is 6.61 Å². The second-order valence-electron chi connectivity index (χ2n) is 4.63. The number of hydrogen-bond acceptors (Lipinski definition) is 1. The summed E-state index contributed by atoms with van der Waals surface area (Å²) < 4.78 is 0. The molecule has 92 valence electrons. The Morgan fingerprint density at radius 1 is 1.00 bits per heavy atom. The van der Waals surface area contributed by atoms with Gasteiger partial charge < -0.3 is 5.11 Å². The normalized spacial score (nSPS) is 13.0. The van der Waals surface area contributed by atoms with Crippen LogP contribution in [0.2, 0.25) is 0 Å². The molecule has 0 aliphatic rings. The van der Waals surface area contributed by atoms with Crippen molar-refractivity contribution in [2.45, 2.75) is 52.9 Å². The Balaban J connectivity index is 3.70. The maximum Gasteiger partial charge on any atom is 0.0614 e. The average Bonchev–Trinajstić information content (AvgIpc) is 2.17. The highest BCUT2D eigenvalue weighted by Gasteiger charge is 1.93. The number of aliphatic hydroxyl groups is 1. The van der Waals surface area contributed by atoms with Crippen LogP contribution in [0.3, 0.4) is 0 Å². The topological polar surface area (TPSA) is 20.2 Å². The smallest absolute Gasteiger partial charge is 0.0614 e. The van der Waals surface area contributed by atoms with Crippen molar-refractivity contribution in [3.8, 4) is 0 Å². The molecule has 0 fully saturated rings. The van der Waals surface area contributed by atoms with Gasteiger partial charge in [0.1, 0.15) is 0 Å². The van der Waals surface area contributed by atoms with Crippen LogP contribution >= 0.6 is 0 Å². The van der Waals surface area contributed by atoms with Gasteiger partial charge >= 0.3 is 0 Å². The zero-order valence-corrected chi connectivity index (χ0v) is 11.1. The highest BCUT2D eigenvalue weighted by Crippen LogP contribution is 2.12. The molecule has 0 aromatic rings. The van der Waals surface area contributed by atoms with Gasteiger partial charge in [0.15, 0.2) is 0 Å². The minimum atomic E-state index is 0.160. The lowest BCUT2D eigenvalue weighted by atomic mass is 10.0. The van der Waals surface area contributed by atoms with Crippen LogP contribution in [0.5, 0.6) is 0 Å². The van der Waals surface area contributed by atoms with Gasteiger partial charge in [-0.05, 0) is 52.9 Å². The molecule has 0 aliphatic heterocycles. The van der Waals surface area contributed by atoms with E-state index in [2.05, 4.69) is 33.4 Å². The lowest BCUT2D eigenvalue weighted by Crippen LogP contribution is -1.83. The number of hydrogen-bond donors (Lipinski definition) is 1. The van der Waals surface area contributed by atoms with E-state index in [0.29, 0.717) is 0 Å². The third kappa shape index (κ3) is 9.72. The zero-order chi connectivity index (χ0) is 12.4. The highest BCUT2D eigenvalue weighted by molar-refractivity contribution is 5.04. The summed E-state index contributed by atoms with van der Waals surface area (Å²) in [6, 6.07) is 0. The van der Waals surface area contributed by atoms with E-state index in [4.69, 9.17) is 5.11 Å². The maximum atomic E-state index is 8.71. The number of aliphatic hydroxyl groups excluding tert-OH is 1. The van der Waals surface area contributed by atoms with Crippen molar-refractivity contribution in [2.75, 3.05) is 6.61 Å². The Kier molecular flexibility index (Phi) is 8.93. The van der Waals surface area contributed by atoms with Gasteiger partial charge in [0, 0.05) is 0 Å². The van der Waals surface area contributed by atoms with Crippen LogP contribution in [0.25, 0.3) is 0 Å². The van der Waals surface area contributed by atoms with Crippen LogP contribution < -0.4 is 0 Å². The summed E-state index contributed by atoms with van der Waals surface area (Å²) in [5, 5.41) is 8.71. The maximum absolute atomic E-state index is 8.71. The number of rotatable bonds is 8. The van der Waals surface area contributed by atoms with Gasteiger partial charge in [-0.3, -0.25) is 0 Å². The van der Waals surface area contributed by atoms with Crippen LogP contribution in [0.15, 0.2) is 35.5 Å². The third-order valence-corrected chi connectivity index (χ3v) is 2.65. The molecule has 0 unspecified atom stereocenters. The minimum Gasteiger partial charge on any atom is -0.392 e. The Hall–Kier alpha value is -0.820. The van der Waals surface area contributed by atoms with Gasteiger partial charge in [-0.15, -0.1) is 6.58 Å². The van der Waals surface area contributed by atoms with Gasteiger partial charge in [-0.2, -0.15) is 0 Å². The second-order valence-corrected chi connectivity index (χ2v) is 4.63. The summed E-state index contributed by atoms with van der Waals surface area (Å²) in [6.07, 6.45) is 9.85. The molecule has 0 aliphatic carbocycles. The summed E-state index contributed by atoms with van der Waals surface area (Å²) in [4.78, 5) is 0.